The Morgan fingerprint density at radius 3 is 2.90 bits per heavy atom. The predicted molar refractivity (Wildman–Crippen MR) is 79.5 cm³/mol. The normalized spacial score (nSPS) is 26.5. The van der Waals surface area contributed by atoms with Crippen LogP contribution >= 0.6 is 0 Å². The van der Waals surface area contributed by atoms with E-state index < -0.39 is 0 Å². The van der Waals surface area contributed by atoms with Gasteiger partial charge in [-0.25, -0.2) is 0 Å². The Labute approximate surface area is 125 Å². The molecule has 0 spiro atoms. The summed E-state index contributed by atoms with van der Waals surface area (Å²) in [4.78, 5) is 17.1. The minimum Gasteiger partial charge on any atom is -0.508 e. The van der Waals surface area contributed by atoms with Crippen LogP contribution in [0.2, 0.25) is 0 Å². The molecule has 0 aliphatic carbocycles. The molecule has 0 saturated carbocycles. The van der Waals surface area contributed by atoms with E-state index in [1.54, 1.807) is 25.1 Å². The Kier molecular flexibility index (Phi) is 3.87. The molecule has 2 bridgehead atoms. The summed E-state index contributed by atoms with van der Waals surface area (Å²) in [6, 6.07) is 5.21. The molecule has 21 heavy (non-hydrogen) atoms. The Morgan fingerprint density at radius 2 is 2.10 bits per heavy atom. The number of carbonyl (C=O) groups excluding carboxylic acids is 1. The van der Waals surface area contributed by atoms with Crippen molar-refractivity contribution in [2.45, 2.75) is 13.0 Å². The molecule has 2 aliphatic heterocycles. The maximum Gasteiger partial charge on any atom is 0.254 e. The zero-order chi connectivity index (χ0) is 15.0. The molecular weight excluding hydrogens is 268 g/mol. The molecule has 2 saturated heterocycles. The van der Waals surface area contributed by atoms with Gasteiger partial charge in [0.25, 0.3) is 5.91 Å². The van der Waals surface area contributed by atoms with Crippen molar-refractivity contribution in [2.75, 3.05) is 39.9 Å². The number of likely N-dealkylation sites (N-methyl/N-ethyl adjacent to an activating group) is 1. The molecular formula is C16H22N2O3. The van der Waals surface area contributed by atoms with Crippen molar-refractivity contribution in [2.24, 2.45) is 5.92 Å². The lowest BCUT2D eigenvalue weighted by atomic mass is 10.0. The number of carbonyl (C=O) groups is 1. The van der Waals surface area contributed by atoms with Crippen LogP contribution in [0, 0.1) is 12.8 Å². The molecule has 5 nitrogen and oxygen atoms in total. The van der Waals surface area contributed by atoms with Crippen LogP contribution in [-0.4, -0.2) is 66.8 Å². The lowest BCUT2D eigenvalue weighted by Crippen LogP contribution is -2.46. The van der Waals surface area contributed by atoms with E-state index in [9.17, 15) is 9.90 Å². The van der Waals surface area contributed by atoms with Crippen LogP contribution in [0.3, 0.4) is 0 Å². The molecule has 1 aromatic rings. The van der Waals surface area contributed by atoms with Crippen LogP contribution in [0.15, 0.2) is 18.2 Å². The zero-order valence-corrected chi connectivity index (χ0v) is 12.6. The van der Waals surface area contributed by atoms with E-state index in [4.69, 9.17) is 4.74 Å². The Bertz CT molecular complexity index is 546. The summed E-state index contributed by atoms with van der Waals surface area (Å²) in [6.07, 6.45) is 0. The van der Waals surface area contributed by atoms with Gasteiger partial charge in [0.1, 0.15) is 5.75 Å². The number of nitrogens with zero attached hydrogens (tertiary/aromatic N) is 2. The molecule has 1 N–H and O–H groups in total. The fraction of sp³-hybridized carbons (Fsp3) is 0.562. The molecule has 0 unspecified atom stereocenters. The van der Waals surface area contributed by atoms with Gasteiger partial charge in [-0.05, 0) is 26.1 Å². The van der Waals surface area contributed by atoms with Gasteiger partial charge in [-0.2, -0.15) is 0 Å². The molecule has 0 aromatic heterocycles. The molecule has 114 valence electrons. The summed E-state index contributed by atoms with van der Waals surface area (Å²) >= 11 is 0. The monoisotopic (exact) mass is 290 g/mol. The van der Waals surface area contributed by atoms with Crippen molar-refractivity contribution in [1.29, 1.82) is 0 Å². The van der Waals surface area contributed by atoms with Crippen molar-refractivity contribution in [1.82, 2.24) is 9.80 Å². The van der Waals surface area contributed by atoms with Gasteiger partial charge in [0.05, 0.1) is 19.3 Å². The molecule has 2 atom stereocenters. The number of ether oxygens (including phenoxy) is 1. The largest absolute Gasteiger partial charge is 0.508 e. The number of hydrogen-bond acceptors (Lipinski definition) is 4. The number of phenols is 1. The Hall–Kier alpha value is -1.59. The van der Waals surface area contributed by atoms with Gasteiger partial charge in [-0.3, -0.25) is 4.79 Å². The van der Waals surface area contributed by atoms with Gasteiger partial charge < -0.3 is 19.6 Å². The lowest BCUT2D eigenvalue weighted by molar-refractivity contribution is 0.0483. The van der Waals surface area contributed by atoms with Gasteiger partial charge in [0, 0.05) is 36.7 Å². The number of rotatable bonds is 1. The van der Waals surface area contributed by atoms with E-state index in [-0.39, 0.29) is 17.7 Å². The van der Waals surface area contributed by atoms with E-state index in [0.717, 1.165) is 19.6 Å². The molecule has 3 rings (SSSR count). The second-order valence-electron chi connectivity index (χ2n) is 6.19. The second kappa shape index (κ2) is 5.66. The first-order chi connectivity index (χ1) is 10.1. The van der Waals surface area contributed by atoms with Crippen LogP contribution < -0.4 is 0 Å². The van der Waals surface area contributed by atoms with Gasteiger partial charge in [-0.15, -0.1) is 0 Å². The number of phenolic OH excluding ortho intramolecular Hbond substituents is 1. The maximum atomic E-state index is 12.9. The molecule has 5 heteroatoms. The van der Waals surface area contributed by atoms with E-state index in [2.05, 4.69) is 11.9 Å². The van der Waals surface area contributed by atoms with Crippen LogP contribution in [0.25, 0.3) is 0 Å². The lowest BCUT2D eigenvalue weighted by Gasteiger charge is -2.30. The number of amides is 1. The van der Waals surface area contributed by atoms with E-state index in [1.807, 2.05) is 4.90 Å². The highest BCUT2D eigenvalue weighted by molar-refractivity contribution is 5.96. The summed E-state index contributed by atoms with van der Waals surface area (Å²) in [5.74, 6) is 0.523. The zero-order valence-electron chi connectivity index (χ0n) is 12.6. The van der Waals surface area contributed by atoms with Crippen LogP contribution in [0.1, 0.15) is 15.9 Å². The van der Waals surface area contributed by atoms with E-state index in [0.29, 0.717) is 30.3 Å². The average molecular weight is 290 g/mol. The van der Waals surface area contributed by atoms with Crippen LogP contribution in [-0.2, 0) is 4.74 Å². The minimum absolute atomic E-state index is 0.000741. The van der Waals surface area contributed by atoms with Crippen molar-refractivity contribution < 1.29 is 14.6 Å². The molecule has 2 fully saturated rings. The first-order valence-corrected chi connectivity index (χ1v) is 7.42. The first kappa shape index (κ1) is 14.4. The van der Waals surface area contributed by atoms with Crippen molar-refractivity contribution in [3.05, 3.63) is 29.3 Å². The molecule has 2 aliphatic rings. The highest BCUT2D eigenvalue weighted by atomic mass is 16.5. The second-order valence-corrected chi connectivity index (χ2v) is 6.19. The van der Waals surface area contributed by atoms with Gasteiger partial charge in [-0.1, -0.05) is 6.07 Å². The summed E-state index contributed by atoms with van der Waals surface area (Å²) < 4.78 is 5.71. The predicted octanol–water partition coefficient (Wildman–Crippen LogP) is 1.10. The standard InChI is InChI=1S/C16H22N2O3/c1-11-14(4-3-5-15(11)19)16(20)18-7-12-6-17(2)8-13(18)10-21-9-12/h3-5,12-13,19H,6-10H2,1-2H3/t12-,13-/m0/s1. The van der Waals surface area contributed by atoms with E-state index >= 15 is 0 Å². The molecule has 1 aromatic carbocycles. The summed E-state index contributed by atoms with van der Waals surface area (Å²) in [5, 5.41) is 9.83. The minimum atomic E-state index is -0.000741. The quantitative estimate of drug-likeness (QED) is 0.841. The number of benzene rings is 1. The highest BCUT2D eigenvalue weighted by Gasteiger charge is 2.35. The van der Waals surface area contributed by atoms with Gasteiger partial charge >= 0.3 is 0 Å². The summed E-state index contributed by atoms with van der Waals surface area (Å²) in [7, 11) is 2.10. The maximum absolute atomic E-state index is 12.9. The Balaban J connectivity index is 1.91. The first-order valence-electron chi connectivity index (χ1n) is 7.42. The SMILES string of the molecule is Cc1c(O)cccc1C(=O)N1C[C@H]2COC[C@@H]1CN(C)C2. The molecule has 0 radical (unpaired) electrons. The van der Waals surface area contributed by atoms with Gasteiger partial charge in [0.2, 0.25) is 0 Å². The van der Waals surface area contributed by atoms with Gasteiger partial charge in [0.15, 0.2) is 0 Å². The summed E-state index contributed by atoms with van der Waals surface area (Å²) in [6.45, 7) is 5.60. The van der Waals surface area contributed by atoms with Crippen LogP contribution in [0.5, 0.6) is 5.75 Å². The Morgan fingerprint density at radius 1 is 1.29 bits per heavy atom. The number of aromatic hydroxyl groups is 1. The fourth-order valence-electron chi connectivity index (χ4n) is 3.34. The van der Waals surface area contributed by atoms with Crippen molar-refractivity contribution in [3.8, 4) is 5.75 Å². The third-order valence-electron chi connectivity index (χ3n) is 4.45. The molecule has 1 amide bonds. The summed E-state index contributed by atoms with van der Waals surface area (Å²) in [5.41, 5.74) is 1.24. The highest BCUT2D eigenvalue weighted by Crippen LogP contribution is 2.25. The fourth-order valence-corrected chi connectivity index (χ4v) is 3.34. The average Bonchev–Trinajstić information content (AvgIpc) is 2.71. The topological polar surface area (TPSA) is 53.0 Å². The number of hydrogen-bond donors (Lipinski definition) is 1. The van der Waals surface area contributed by atoms with E-state index in [1.165, 1.54) is 0 Å². The van der Waals surface area contributed by atoms with Crippen molar-refractivity contribution >= 4 is 5.91 Å². The van der Waals surface area contributed by atoms with Crippen LogP contribution in [0.4, 0.5) is 0 Å². The third kappa shape index (κ3) is 2.76. The van der Waals surface area contributed by atoms with Crippen molar-refractivity contribution in [3.63, 3.8) is 0 Å². The number of fused-ring (bicyclic) bond motifs is 3. The third-order valence-corrected chi connectivity index (χ3v) is 4.45. The smallest absolute Gasteiger partial charge is 0.254 e. The molecule has 2 heterocycles.